The summed E-state index contributed by atoms with van der Waals surface area (Å²) in [7, 11) is -0.229. The normalized spacial score (nSPS) is 18.3. The van der Waals surface area contributed by atoms with Gasteiger partial charge in [-0.1, -0.05) is 24.3 Å². The maximum absolute atomic E-state index is 12.5. The summed E-state index contributed by atoms with van der Waals surface area (Å²) in [5.41, 5.74) is 0.628. The zero-order valence-electron chi connectivity index (χ0n) is 11.0. The van der Waals surface area contributed by atoms with E-state index in [-0.39, 0.29) is 0 Å². The van der Waals surface area contributed by atoms with E-state index in [2.05, 4.69) is 0 Å². The van der Waals surface area contributed by atoms with Gasteiger partial charge in [0.1, 0.15) is 11.0 Å². The molecule has 1 aliphatic carbocycles. The number of hydrogen-bond donors (Lipinski definition) is 0. The number of methoxy groups -OCH3 is 1. The lowest BCUT2D eigenvalue weighted by molar-refractivity contribution is 0.415. The van der Waals surface area contributed by atoms with E-state index in [4.69, 9.17) is 4.74 Å². The van der Waals surface area contributed by atoms with E-state index in [1.165, 1.54) is 4.31 Å². The van der Waals surface area contributed by atoms with Crippen LogP contribution >= 0.6 is 0 Å². The summed E-state index contributed by atoms with van der Waals surface area (Å²) in [5, 5.41) is -0.496. The van der Waals surface area contributed by atoms with Gasteiger partial charge < -0.3 is 4.74 Å². The lowest BCUT2D eigenvalue weighted by Gasteiger charge is -2.24. The predicted molar refractivity (Wildman–Crippen MR) is 77.0 cm³/mol. The first-order valence-corrected chi connectivity index (χ1v) is 7.51. The van der Waals surface area contributed by atoms with Gasteiger partial charge in [0.2, 0.25) is 10.0 Å². The minimum atomic E-state index is -3.38. The first-order chi connectivity index (χ1) is 9.05. The topological polar surface area (TPSA) is 46.6 Å². The molecule has 0 aromatic heterocycles. The van der Waals surface area contributed by atoms with E-state index in [0.717, 1.165) is 0 Å². The molecule has 0 N–H and O–H groups in total. The Balaban J connectivity index is 2.24. The van der Waals surface area contributed by atoms with Crippen LogP contribution in [0.2, 0.25) is 0 Å². The van der Waals surface area contributed by atoms with Crippen molar-refractivity contribution in [2.24, 2.45) is 0 Å². The number of nitrogens with zero attached hydrogens (tertiary/aromatic N) is 1. The predicted octanol–water partition coefficient (Wildman–Crippen LogP) is 2.35. The fourth-order valence-corrected chi connectivity index (χ4v) is 3.39. The Morgan fingerprint density at radius 2 is 1.89 bits per heavy atom. The zero-order chi connectivity index (χ0) is 13.9. The van der Waals surface area contributed by atoms with E-state index < -0.39 is 15.3 Å². The van der Waals surface area contributed by atoms with Crippen molar-refractivity contribution in [1.82, 2.24) is 0 Å². The van der Waals surface area contributed by atoms with Gasteiger partial charge in [0, 0.05) is 7.05 Å². The highest BCUT2D eigenvalue weighted by molar-refractivity contribution is 7.93. The minimum Gasteiger partial charge on any atom is -0.497 e. The van der Waals surface area contributed by atoms with Crippen LogP contribution in [-0.4, -0.2) is 27.8 Å². The Bertz CT molecular complexity index is 588. The molecule has 1 unspecified atom stereocenters. The first-order valence-electron chi connectivity index (χ1n) is 6.01. The molecule has 0 heterocycles. The Morgan fingerprint density at radius 3 is 2.42 bits per heavy atom. The number of benzene rings is 1. The van der Waals surface area contributed by atoms with Crippen molar-refractivity contribution in [3.8, 4) is 5.75 Å². The van der Waals surface area contributed by atoms with Crippen molar-refractivity contribution >= 4 is 15.7 Å². The van der Waals surface area contributed by atoms with E-state index in [1.807, 2.05) is 12.2 Å². The van der Waals surface area contributed by atoms with Gasteiger partial charge in [0.25, 0.3) is 0 Å². The highest BCUT2D eigenvalue weighted by Crippen LogP contribution is 2.24. The van der Waals surface area contributed by atoms with Gasteiger partial charge >= 0.3 is 0 Å². The number of allylic oxidation sites excluding steroid dienone is 3. The molecule has 0 radical (unpaired) electrons. The summed E-state index contributed by atoms with van der Waals surface area (Å²) in [4.78, 5) is 0. The van der Waals surface area contributed by atoms with Gasteiger partial charge in [-0.15, -0.1) is 0 Å². The third-order valence-electron chi connectivity index (χ3n) is 3.14. The van der Waals surface area contributed by atoms with Crippen LogP contribution in [0.4, 0.5) is 5.69 Å². The molecule has 0 bridgehead atoms. The number of rotatable bonds is 4. The highest BCUT2D eigenvalue weighted by Gasteiger charge is 2.27. The molecular formula is C14H17NO3S. The van der Waals surface area contributed by atoms with E-state index in [0.29, 0.717) is 17.9 Å². The quantitative estimate of drug-likeness (QED) is 0.850. The summed E-state index contributed by atoms with van der Waals surface area (Å²) in [6, 6.07) is 6.97. The van der Waals surface area contributed by atoms with Crippen LogP contribution in [0.1, 0.15) is 6.42 Å². The fraction of sp³-hybridized carbons (Fsp3) is 0.286. The number of sulfonamides is 1. The van der Waals surface area contributed by atoms with Gasteiger partial charge in [-0.3, -0.25) is 4.31 Å². The van der Waals surface area contributed by atoms with Gasteiger partial charge in [0.15, 0.2) is 0 Å². The second kappa shape index (κ2) is 5.48. The first kappa shape index (κ1) is 13.7. The molecule has 0 saturated carbocycles. The zero-order valence-corrected chi connectivity index (χ0v) is 11.8. The van der Waals surface area contributed by atoms with Crippen LogP contribution in [0.25, 0.3) is 0 Å². The maximum atomic E-state index is 12.5. The number of anilines is 1. The summed E-state index contributed by atoms with van der Waals surface area (Å²) < 4.78 is 31.3. The van der Waals surface area contributed by atoms with Crippen molar-refractivity contribution in [1.29, 1.82) is 0 Å². The molecule has 102 valence electrons. The lowest BCUT2D eigenvalue weighted by atomic mass is 10.2. The van der Waals surface area contributed by atoms with Crippen molar-refractivity contribution in [2.45, 2.75) is 11.7 Å². The van der Waals surface area contributed by atoms with Crippen molar-refractivity contribution in [2.75, 3.05) is 18.5 Å². The van der Waals surface area contributed by atoms with Crippen LogP contribution < -0.4 is 9.04 Å². The van der Waals surface area contributed by atoms with E-state index in [1.54, 1.807) is 50.6 Å². The average molecular weight is 279 g/mol. The SMILES string of the molecule is COc1ccc(N(C)S(=O)(=O)C2C=CC=CC2)cc1. The molecule has 1 atom stereocenters. The average Bonchev–Trinajstić information content (AvgIpc) is 2.47. The highest BCUT2D eigenvalue weighted by atomic mass is 32.2. The van der Waals surface area contributed by atoms with Crippen LogP contribution in [-0.2, 0) is 10.0 Å². The molecule has 19 heavy (non-hydrogen) atoms. The van der Waals surface area contributed by atoms with Gasteiger partial charge in [-0.05, 0) is 30.7 Å². The van der Waals surface area contributed by atoms with E-state index in [9.17, 15) is 8.42 Å². The van der Waals surface area contributed by atoms with E-state index >= 15 is 0 Å². The maximum Gasteiger partial charge on any atom is 0.241 e. The lowest BCUT2D eigenvalue weighted by Crippen LogP contribution is -2.35. The second-order valence-corrected chi connectivity index (χ2v) is 6.48. The monoisotopic (exact) mass is 279 g/mol. The molecule has 0 amide bonds. The number of ether oxygens (including phenoxy) is 1. The van der Waals surface area contributed by atoms with Crippen molar-refractivity contribution in [3.63, 3.8) is 0 Å². The molecule has 5 heteroatoms. The minimum absolute atomic E-state index is 0.496. The molecule has 0 fully saturated rings. The Labute approximate surface area is 114 Å². The molecule has 4 nitrogen and oxygen atoms in total. The summed E-state index contributed by atoms with van der Waals surface area (Å²) >= 11 is 0. The molecule has 1 aromatic carbocycles. The molecule has 1 aromatic rings. The molecule has 0 aliphatic heterocycles. The van der Waals surface area contributed by atoms with Gasteiger partial charge in [-0.2, -0.15) is 0 Å². The van der Waals surface area contributed by atoms with Gasteiger partial charge in [-0.25, -0.2) is 8.42 Å². The standard InChI is InChI=1S/C14H17NO3S/c1-15(12-8-10-13(18-2)11-9-12)19(16,17)14-6-4-3-5-7-14/h3-6,8-11,14H,7H2,1-2H3. The smallest absolute Gasteiger partial charge is 0.241 e. The molecule has 2 rings (SSSR count). The van der Waals surface area contributed by atoms with Crippen molar-refractivity contribution < 1.29 is 13.2 Å². The molecular weight excluding hydrogens is 262 g/mol. The Kier molecular flexibility index (Phi) is 3.95. The second-order valence-electron chi connectivity index (χ2n) is 4.30. The fourth-order valence-electron chi connectivity index (χ4n) is 1.92. The molecule has 0 spiro atoms. The summed E-state index contributed by atoms with van der Waals surface area (Å²) in [6.45, 7) is 0. The van der Waals surface area contributed by atoms with Crippen LogP contribution in [0.15, 0.2) is 48.6 Å². The Morgan fingerprint density at radius 1 is 1.21 bits per heavy atom. The summed E-state index contributed by atoms with van der Waals surface area (Å²) in [5.74, 6) is 0.704. The third-order valence-corrected chi connectivity index (χ3v) is 5.23. The molecule has 1 aliphatic rings. The van der Waals surface area contributed by atoms with Gasteiger partial charge in [0.05, 0.1) is 12.8 Å². The Hall–Kier alpha value is -1.75. The number of hydrogen-bond acceptors (Lipinski definition) is 3. The van der Waals surface area contributed by atoms with Crippen LogP contribution in [0, 0.1) is 0 Å². The largest absolute Gasteiger partial charge is 0.497 e. The molecule has 0 saturated heterocycles. The van der Waals surface area contributed by atoms with Crippen LogP contribution in [0.5, 0.6) is 5.75 Å². The van der Waals surface area contributed by atoms with Crippen LogP contribution in [0.3, 0.4) is 0 Å². The van der Waals surface area contributed by atoms with Crippen molar-refractivity contribution in [3.05, 3.63) is 48.6 Å². The third kappa shape index (κ3) is 2.81. The summed E-state index contributed by atoms with van der Waals surface area (Å²) in [6.07, 6.45) is 7.73.